The average molecular weight is 315 g/mol. The van der Waals surface area contributed by atoms with Gasteiger partial charge in [0.1, 0.15) is 0 Å². The van der Waals surface area contributed by atoms with Crippen LogP contribution in [0.5, 0.6) is 0 Å². The summed E-state index contributed by atoms with van der Waals surface area (Å²) in [5, 5.41) is 1.22. The second-order valence-corrected chi connectivity index (χ2v) is 7.74. The molecule has 1 aliphatic carbocycles. The minimum atomic E-state index is 0.855. The number of benzene rings is 1. The Morgan fingerprint density at radius 3 is 2.55 bits per heavy atom. The quantitative estimate of drug-likeness (QED) is 0.833. The maximum absolute atomic E-state index is 4.90. The Morgan fingerprint density at radius 1 is 1.05 bits per heavy atom. The van der Waals surface area contributed by atoms with Crippen LogP contribution < -0.4 is 4.90 Å². The molecule has 22 heavy (non-hydrogen) atoms. The van der Waals surface area contributed by atoms with Crippen molar-refractivity contribution in [1.29, 1.82) is 0 Å². The fourth-order valence-electron chi connectivity index (χ4n) is 3.93. The Morgan fingerprint density at radius 2 is 1.82 bits per heavy atom. The Labute approximate surface area is 136 Å². The molecule has 1 saturated carbocycles. The van der Waals surface area contributed by atoms with Crippen LogP contribution >= 0.6 is 11.3 Å². The van der Waals surface area contributed by atoms with Gasteiger partial charge in [-0.25, -0.2) is 4.98 Å². The largest absolute Gasteiger partial charge is 0.345 e. The molecule has 3 nitrogen and oxygen atoms in total. The molecule has 0 N–H and O–H groups in total. The van der Waals surface area contributed by atoms with Gasteiger partial charge in [-0.2, -0.15) is 0 Å². The number of rotatable bonds is 2. The smallest absolute Gasteiger partial charge is 0.186 e. The van der Waals surface area contributed by atoms with Crippen molar-refractivity contribution >= 4 is 26.7 Å². The Hall–Kier alpha value is -1.13. The first-order chi connectivity index (χ1) is 10.8. The summed E-state index contributed by atoms with van der Waals surface area (Å²) in [4.78, 5) is 10.1. The molecular weight excluding hydrogens is 290 g/mol. The van der Waals surface area contributed by atoms with Gasteiger partial charge in [0.05, 0.1) is 10.2 Å². The topological polar surface area (TPSA) is 19.4 Å². The summed E-state index contributed by atoms with van der Waals surface area (Å²) >= 11 is 1.85. The van der Waals surface area contributed by atoms with E-state index in [4.69, 9.17) is 4.98 Å². The zero-order chi connectivity index (χ0) is 14.9. The summed E-state index contributed by atoms with van der Waals surface area (Å²) in [6, 6.07) is 7.35. The van der Waals surface area contributed by atoms with Gasteiger partial charge in [-0.05, 0) is 31.4 Å². The number of hydrogen-bond acceptors (Lipinski definition) is 4. The maximum atomic E-state index is 4.90. The number of hydrogen-bond donors (Lipinski definition) is 0. The van der Waals surface area contributed by atoms with Crippen LogP contribution in [0.1, 0.15) is 37.7 Å². The van der Waals surface area contributed by atoms with Crippen LogP contribution in [0, 0.1) is 6.92 Å². The van der Waals surface area contributed by atoms with Crippen LogP contribution in [-0.2, 0) is 0 Å². The number of para-hydroxylation sites is 1. The predicted molar refractivity (Wildman–Crippen MR) is 95.0 cm³/mol. The van der Waals surface area contributed by atoms with Crippen molar-refractivity contribution in [1.82, 2.24) is 9.88 Å². The summed E-state index contributed by atoms with van der Waals surface area (Å²) in [6.07, 6.45) is 7.15. The molecule has 2 aliphatic rings. The lowest BCUT2D eigenvalue weighted by molar-refractivity contribution is 0.148. The van der Waals surface area contributed by atoms with Crippen molar-refractivity contribution in [3.63, 3.8) is 0 Å². The van der Waals surface area contributed by atoms with E-state index in [0.717, 1.165) is 19.1 Å². The molecule has 118 valence electrons. The first-order valence-electron chi connectivity index (χ1n) is 8.66. The van der Waals surface area contributed by atoms with E-state index in [-0.39, 0.29) is 0 Å². The van der Waals surface area contributed by atoms with Gasteiger partial charge in [0, 0.05) is 32.2 Å². The molecule has 0 atom stereocenters. The van der Waals surface area contributed by atoms with Crippen LogP contribution in [0.3, 0.4) is 0 Å². The molecule has 2 fully saturated rings. The third-order valence-corrected chi connectivity index (χ3v) is 6.37. The molecule has 1 aromatic heterocycles. The number of piperazine rings is 1. The zero-order valence-electron chi connectivity index (χ0n) is 13.4. The summed E-state index contributed by atoms with van der Waals surface area (Å²) in [5.74, 6) is 0. The molecule has 1 aliphatic heterocycles. The van der Waals surface area contributed by atoms with Gasteiger partial charge < -0.3 is 4.90 Å². The van der Waals surface area contributed by atoms with Gasteiger partial charge in [0.15, 0.2) is 5.13 Å². The first-order valence-corrected chi connectivity index (χ1v) is 9.48. The monoisotopic (exact) mass is 315 g/mol. The lowest BCUT2D eigenvalue weighted by Crippen LogP contribution is -2.50. The first kappa shape index (κ1) is 14.5. The standard InChI is InChI=1S/C18H25N3S/c1-14-6-5-9-16-17(14)19-18(22-16)21-12-10-20(11-13-21)15-7-3-2-4-8-15/h5-6,9,15H,2-4,7-8,10-13H2,1H3. The van der Waals surface area contributed by atoms with E-state index in [1.165, 1.54) is 66.1 Å². The van der Waals surface area contributed by atoms with E-state index in [1.54, 1.807) is 0 Å². The van der Waals surface area contributed by atoms with Crippen LogP contribution in [0.25, 0.3) is 10.2 Å². The fourth-order valence-corrected chi connectivity index (χ4v) is 5.03. The summed E-state index contributed by atoms with van der Waals surface area (Å²) in [7, 11) is 0. The number of aryl methyl sites for hydroxylation is 1. The Bertz CT molecular complexity index is 637. The lowest BCUT2D eigenvalue weighted by atomic mass is 9.94. The number of fused-ring (bicyclic) bond motifs is 1. The van der Waals surface area contributed by atoms with E-state index in [0.29, 0.717) is 0 Å². The number of thiazole rings is 1. The van der Waals surface area contributed by atoms with Gasteiger partial charge in [0.2, 0.25) is 0 Å². The van der Waals surface area contributed by atoms with Crippen molar-refractivity contribution in [3.8, 4) is 0 Å². The molecule has 1 aromatic carbocycles. The normalized spacial score (nSPS) is 21.6. The second-order valence-electron chi connectivity index (χ2n) is 6.73. The summed E-state index contributed by atoms with van der Waals surface area (Å²) in [6.45, 7) is 6.84. The fraction of sp³-hybridized carbons (Fsp3) is 0.611. The van der Waals surface area contributed by atoms with E-state index in [9.17, 15) is 0 Å². The molecule has 0 amide bonds. The highest BCUT2D eigenvalue weighted by molar-refractivity contribution is 7.22. The maximum Gasteiger partial charge on any atom is 0.186 e. The molecule has 1 saturated heterocycles. The van der Waals surface area contributed by atoms with Gasteiger partial charge in [-0.3, -0.25) is 4.90 Å². The van der Waals surface area contributed by atoms with Gasteiger partial charge in [-0.1, -0.05) is 42.7 Å². The SMILES string of the molecule is Cc1cccc2sc(N3CCN(C4CCCCC4)CC3)nc12. The van der Waals surface area contributed by atoms with Crippen molar-refractivity contribution in [2.45, 2.75) is 45.1 Å². The van der Waals surface area contributed by atoms with Crippen molar-refractivity contribution in [2.75, 3.05) is 31.1 Å². The molecule has 2 aromatic rings. The second kappa shape index (κ2) is 6.17. The zero-order valence-corrected chi connectivity index (χ0v) is 14.2. The lowest BCUT2D eigenvalue weighted by Gasteiger charge is -2.40. The molecule has 4 heteroatoms. The van der Waals surface area contributed by atoms with Gasteiger partial charge >= 0.3 is 0 Å². The highest BCUT2D eigenvalue weighted by Gasteiger charge is 2.26. The van der Waals surface area contributed by atoms with E-state index < -0.39 is 0 Å². The minimum Gasteiger partial charge on any atom is -0.345 e. The van der Waals surface area contributed by atoms with Crippen LogP contribution in [0.2, 0.25) is 0 Å². The third kappa shape index (κ3) is 2.74. The number of aromatic nitrogens is 1. The Kier molecular flexibility index (Phi) is 4.05. The molecular formula is C18H25N3S. The highest BCUT2D eigenvalue weighted by Crippen LogP contribution is 2.31. The number of anilines is 1. The predicted octanol–water partition coefficient (Wildman–Crippen LogP) is 4.06. The van der Waals surface area contributed by atoms with Crippen LogP contribution in [0.15, 0.2) is 18.2 Å². The van der Waals surface area contributed by atoms with E-state index >= 15 is 0 Å². The minimum absolute atomic E-state index is 0.855. The van der Waals surface area contributed by atoms with Crippen LogP contribution in [-0.4, -0.2) is 42.1 Å². The molecule has 0 unspecified atom stereocenters. The molecule has 4 rings (SSSR count). The molecule has 2 heterocycles. The van der Waals surface area contributed by atoms with Crippen LogP contribution in [0.4, 0.5) is 5.13 Å². The highest BCUT2D eigenvalue weighted by atomic mass is 32.1. The van der Waals surface area contributed by atoms with Gasteiger partial charge in [0.25, 0.3) is 0 Å². The van der Waals surface area contributed by atoms with E-state index in [1.807, 2.05) is 11.3 Å². The number of nitrogens with zero attached hydrogens (tertiary/aromatic N) is 3. The molecule has 0 spiro atoms. The third-order valence-electron chi connectivity index (χ3n) is 5.29. The van der Waals surface area contributed by atoms with Gasteiger partial charge in [-0.15, -0.1) is 0 Å². The molecule has 0 bridgehead atoms. The van der Waals surface area contributed by atoms with Crippen molar-refractivity contribution < 1.29 is 0 Å². The Balaban J connectivity index is 1.45. The summed E-state index contributed by atoms with van der Waals surface area (Å²) < 4.78 is 1.32. The van der Waals surface area contributed by atoms with E-state index in [2.05, 4.69) is 34.9 Å². The average Bonchev–Trinajstić information content (AvgIpc) is 3.02. The van der Waals surface area contributed by atoms with Crippen molar-refractivity contribution in [2.24, 2.45) is 0 Å². The van der Waals surface area contributed by atoms with Crippen molar-refractivity contribution in [3.05, 3.63) is 23.8 Å². The summed E-state index contributed by atoms with van der Waals surface area (Å²) in [5.41, 5.74) is 2.48. The molecule has 0 radical (unpaired) electrons.